The summed E-state index contributed by atoms with van der Waals surface area (Å²) in [7, 11) is 0. The van der Waals surface area contributed by atoms with Gasteiger partial charge < -0.3 is 5.11 Å². The van der Waals surface area contributed by atoms with E-state index in [1.54, 1.807) is 0 Å². The zero-order chi connectivity index (χ0) is 23.7. The van der Waals surface area contributed by atoms with E-state index in [1.165, 1.54) is 11.1 Å². The lowest BCUT2D eigenvalue weighted by Gasteiger charge is -2.15. The molecule has 0 radical (unpaired) electrons. The lowest BCUT2D eigenvalue weighted by Crippen LogP contribution is -1.94. The second kappa shape index (κ2) is 9.15. The molecule has 0 amide bonds. The van der Waals surface area contributed by atoms with Gasteiger partial charge >= 0.3 is 0 Å². The number of hydrogen-bond donors (Lipinski definition) is 1. The summed E-state index contributed by atoms with van der Waals surface area (Å²) >= 11 is 0. The molecular weight excluding hydrogens is 414 g/mol. The average Bonchev–Trinajstić information content (AvgIpc) is 2.86. The highest BCUT2D eigenvalue weighted by molar-refractivity contribution is 6.14. The zero-order valence-corrected chi connectivity index (χ0v) is 19.9. The number of fused-ring (bicyclic) bond motifs is 2. The SMILES string of the molecule is CCc1cccc(C(C)C)c1/N=C/c1cccc(-c2c3ccccc3cc3ccccc23)c1O. The fraction of sp³-hybridized carbons (Fsp3) is 0.156. The molecule has 0 bridgehead atoms. The predicted octanol–water partition coefficient (Wildman–Crippen LogP) is 8.80. The lowest BCUT2D eigenvalue weighted by molar-refractivity contribution is 0.476. The summed E-state index contributed by atoms with van der Waals surface area (Å²) in [6.07, 6.45) is 2.73. The molecular formula is C32H29NO. The maximum absolute atomic E-state index is 11.5. The molecule has 0 aliphatic carbocycles. The van der Waals surface area contributed by atoms with Crippen LogP contribution in [0.3, 0.4) is 0 Å². The Morgan fingerprint density at radius 2 is 1.44 bits per heavy atom. The molecule has 0 aliphatic heterocycles. The highest BCUT2D eigenvalue weighted by Crippen LogP contribution is 2.41. The maximum Gasteiger partial charge on any atom is 0.132 e. The minimum Gasteiger partial charge on any atom is -0.507 e. The summed E-state index contributed by atoms with van der Waals surface area (Å²) in [6.45, 7) is 6.54. The summed E-state index contributed by atoms with van der Waals surface area (Å²) in [5.74, 6) is 0.633. The zero-order valence-electron chi connectivity index (χ0n) is 19.9. The van der Waals surface area contributed by atoms with E-state index in [9.17, 15) is 5.11 Å². The molecule has 168 valence electrons. The molecule has 0 aromatic heterocycles. The van der Waals surface area contributed by atoms with Gasteiger partial charge in [0.25, 0.3) is 0 Å². The van der Waals surface area contributed by atoms with Crippen LogP contribution in [0.15, 0.2) is 96.0 Å². The first-order valence-corrected chi connectivity index (χ1v) is 12.0. The smallest absolute Gasteiger partial charge is 0.132 e. The summed E-state index contributed by atoms with van der Waals surface area (Å²) < 4.78 is 0. The van der Waals surface area contributed by atoms with E-state index in [2.05, 4.69) is 93.6 Å². The van der Waals surface area contributed by atoms with Crippen molar-refractivity contribution >= 4 is 33.4 Å². The highest BCUT2D eigenvalue weighted by Gasteiger charge is 2.15. The number of aryl methyl sites for hydroxylation is 1. The third-order valence-corrected chi connectivity index (χ3v) is 6.59. The number of rotatable bonds is 5. The maximum atomic E-state index is 11.5. The van der Waals surface area contributed by atoms with Crippen molar-refractivity contribution in [3.63, 3.8) is 0 Å². The molecule has 0 unspecified atom stereocenters. The predicted molar refractivity (Wildman–Crippen MR) is 146 cm³/mol. The molecule has 0 heterocycles. The van der Waals surface area contributed by atoms with Gasteiger partial charge in [0.15, 0.2) is 0 Å². The largest absolute Gasteiger partial charge is 0.507 e. The van der Waals surface area contributed by atoms with Crippen molar-refractivity contribution < 1.29 is 5.11 Å². The van der Waals surface area contributed by atoms with Crippen molar-refractivity contribution in [2.45, 2.75) is 33.1 Å². The van der Waals surface area contributed by atoms with Crippen molar-refractivity contribution in [1.82, 2.24) is 0 Å². The van der Waals surface area contributed by atoms with Crippen LogP contribution in [0.5, 0.6) is 5.75 Å². The highest BCUT2D eigenvalue weighted by atomic mass is 16.3. The van der Waals surface area contributed by atoms with Crippen molar-refractivity contribution in [2.75, 3.05) is 0 Å². The Kier molecular flexibility index (Phi) is 5.90. The van der Waals surface area contributed by atoms with Crippen LogP contribution in [-0.2, 0) is 6.42 Å². The molecule has 1 N–H and O–H groups in total. The summed E-state index contributed by atoms with van der Waals surface area (Å²) in [5, 5.41) is 16.0. The Hall–Kier alpha value is -3.91. The number of hydrogen-bond acceptors (Lipinski definition) is 2. The molecule has 5 aromatic carbocycles. The van der Waals surface area contributed by atoms with E-state index in [4.69, 9.17) is 4.99 Å². The van der Waals surface area contributed by atoms with Crippen LogP contribution in [0.2, 0.25) is 0 Å². The standard InChI is InChI=1S/C32H29NO/c1-4-22-13-9-17-26(21(2)3)31(22)33-20-25-14-10-18-29(32(25)34)30-27-15-7-5-11-23(27)19-24-12-6-8-16-28(24)30/h5-21,34H,4H2,1-3H3/b33-20+. The second-order valence-corrected chi connectivity index (χ2v) is 9.06. The van der Waals surface area contributed by atoms with E-state index in [-0.39, 0.29) is 5.75 Å². The first-order chi connectivity index (χ1) is 16.6. The number of benzene rings is 5. The third-order valence-electron chi connectivity index (χ3n) is 6.59. The Balaban J connectivity index is 1.70. The Morgan fingerprint density at radius 1 is 0.794 bits per heavy atom. The van der Waals surface area contributed by atoms with Crippen molar-refractivity contribution in [2.24, 2.45) is 4.99 Å². The fourth-order valence-electron chi connectivity index (χ4n) is 4.83. The van der Waals surface area contributed by atoms with E-state index in [1.807, 2.05) is 24.4 Å². The number of nitrogens with zero attached hydrogens (tertiary/aromatic N) is 1. The molecule has 2 nitrogen and oxygen atoms in total. The summed E-state index contributed by atoms with van der Waals surface area (Å²) in [6, 6.07) is 31.3. The van der Waals surface area contributed by atoms with Crippen LogP contribution in [0.4, 0.5) is 5.69 Å². The number of phenolic OH excluding ortho intramolecular Hbond substituents is 1. The van der Waals surface area contributed by atoms with Gasteiger partial charge in [0.1, 0.15) is 5.75 Å². The quantitative estimate of drug-likeness (QED) is 0.214. The Bertz CT molecular complexity index is 1470. The normalized spacial score (nSPS) is 11.8. The van der Waals surface area contributed by atoms with Crippen LogP contribution in [0.1, 0.15) is 43.4 Å². The molecule has 5 rings (SSSR count). The number of aromatic hydroxyl groups is 1. The van der Waals surface area contributed by atoms with Gasteiger partial charge in [-0.25, -0.2) is 0 Å². The number of aliphatic imine (C=N–C) groups is 1. The molecule has 0 spiro atoms. The Labute approximate surface area is 201 Å². The lowest BCUT2D eigenvalue weighted by atomic mass is 9.91. The monoisotopic (exact) mass is 443 g/mol. The van der Waals surface area contributed by atoms with Gasteiger partial charge in [-0.3, -0.25) is 4.99 Å². The fourth-order valence-corrected chi connectivity index (χ4v) is 4.83. The van der Waals surface area contributed by atoms with E-state index in [0.717, 1.165) is 50.3 Å². The summed E-state index contributed by atoms with van der Waals surface area (Å²) in [4.78, 5) is 4.90. The first kappa shape index (κ1) is 21.9. The number of phenols is 1. The molecule has 2 heteroatoms. The second-order valence-electron chi connectivity index (χ2n) is 9.06. The van der Waals surface area contributed by atoms with E-state index >= 15 is 0 Å². The third kappa shape index (κ3) is 3.86. The molecule has 0 atom stereocenters. The van der Waals surface area contributed by atoms with Crippen LogP contribution in [0, 0.1) is 0 Å². The van der Waals surface area contributed by atoms with E-state index in [0.29, 0.717) is 5.92 Å². The van der Waals surface area contributed by atoms with Crippen LogP contribution >= 0.6 is 0 Å². The van der Waals surface area contributed by atoms with Gasteiger partial charge in [-0.1, -0.05) is 99.6 Å². The van der Waals surface area contributed by atoms with Crippen LogP contribution < -0.4 is 0 Å². The Morgan fingerprint density at radius 3 is 2.09 bits per heavy atom. The molecule has 0 aliphatic rings. The molecule has 0 saturated heterocycles. The van der Waals surface area contributed by atoms with Gasteiger partial charge in [-0.05, 0) is 57.1 Å². The molecule has 0 saturated carbocycles. The average molecular weight is 444 g/mol. The van der Waals surface area contributed by atoms with Crippen LogP contribution in [-0.4, -0.2) is 11.3 Å². The minimum absolute atomic E-state index is 0.257. The van der Waals surface area contributed by atoms with Crippen molar-refractivity contribution in [3.8, 4) is 16.9 Å². The van der Waals surface area contributed by atoms with Gasteiger partial charge in [0.2, 0.25) is 0 Å². The van der Waals surface area contributed by atoms with Crippen molar-refractivity contribution in [3.05, 3.63) is 108 Å². The molecule has 5 aromatic rings. The summed E-state index contributed by atoms with van der Waals surface area (Å²) in [5.41, 5.74) is 6.06. The van der Waals surface area contributed by atoms with Crippen LogP contribution in [0.25, 0.3) is 32.7 Å². The van der Waals surface area contributed by atoms with Crippen molar-refractivity contribution in [1.29, 1.82) is 0 Å². The molecule has 0 fully saturated rings. The van der Waals surface area contributed by atoms with Gasteiger partial charge in [0, 0.05) is 22.9 Å². The molecule has 34 heavy (non-hydrogen) atoms. The minimum atomic E-state index is 0.257. The topological polar surface area (TPSA) is 32.6 Å². The van der Waals surface area contributed by atoms with Gasteiger partial charge in [0.05, 0.1) is 5.69 Å². The number of para-hydroxylation sites is 2. The van der Waals surface area contributed by atoms with Gasteiger partial charge in [-0.15, -0.1) is 0 Å². The van der Waals surface area contributed by atoms with E-state index < -0.39 is 0 Å². The first-order valence-electron chi connectivity index (χ1n) is 12.0. The van der Waals surface area contributed by atoms with Gasteiger partial charge in [-0.2, -0.15) is 0 Å².